The first-order valence-corrected chi connectivity index (χ1v) is 10.6. The highest BCUT2D eigenvalue weighted by molar-refractivity contribution is 14.0. The zero-order chi connectivity index (χ0) is 19.8. The molecule has 2 aliphatic heterocycles. The summed E-state index contributed by atoms with van der Waals surface area (Å²) in [4.78, 5) is 9.49. The summed E-state index contributed by atoms with van der Waals surface area (Å²) < 4.78 is 10.7. The summed E-state index contributed by atoms with van der Waals surface area (Å²) in [6.07, 6.45) is 2.33. The maximum atomic E-state index is 5.46. The van der Waals surface area contributed by atoms with Crippen LogP contribution < -0.4 is 10.1 Å². The Bertz CT molecular complexity index is 620. The van der Waals surface area contributed by atoms with Gasteiger partial charge in [-0.1, -0.05) is 19.1 Å². The van der Waals surface area contributed by atoms with Gasteiger partial charge in [0.1, 0.15) is 5.75 Å². The van der Waals surface area contributed by atoms with Crippen LogP contribution in [-0.4, -0.2) is 82.4 Å². The molecule has 7 heteroatoms. The number of halogens is 1. The second kappa shape index (κ2) is 12.6. The summed E-state index contributed by atoms with van der Waals surface area (Å²) >= 11 is 0. The van der Waals surface area contributed by atoms with E-state index in [1.54, 1.807) is 7.11 Å². The van der Waals surface area contributed by atoms with Crippen LogP contribution in [0.4, 0.5) is 0 Å². The number of ether oxygens (including phenoxy) is 2. The molecule has 0 bridgehead atoms. The zero-order valence-electron chi connectivity index (χ0n) is 18.1. The Labute approximate surface area is 193 Å². The largest absolute Gasteiger partial charge is 0.497 e. The number of benzene rings is 1. The Hall–Kier alpha value is -1.06. The number of nitrogens with zero attached hydrogens (tertiary/aromatic N) is 3. The van der Waals surface area contributed by atoms with E-state index >= 15 is 0 Å². The molecule has 0 saturated carbocycles. The number of aliphatic imine (C=N–C) groups is 1. The van der Waals surface area contributed by atoms with Crippen molar-refractivity contribution in [1.82, 2.24) is 15.1 Å². The molecule has 2 heterocycles. The number of methoxy groups -OCH3 is 1. The van der Waals surface area contributed by atoms with E-state index in [0.29, 0.717) is 5.92 Å². The maximum absolute atomic E-state index is 5.46. The predicted molar refractivity (Wildman–Crippen MR) is 130 cm³/mol. The van der Waals surface area contributed by atoms with Gasteiger partial charge in [0.05, 0.1) is 20.3 Å². The van der Waals surface area contributed by atoms with E-state index in [9.17, 15) is 0 Å². The molecule has 29 heavy (non-hydrogen) atoms. The van der Waals surface area contributed by atoms with Crippen molar-refractivity contribution in [2.75, 3.05) is 66.6 Å². The van der Waals surface area contributed by atoms with Crippen LogP contribution in [0.25, 0.3) is 0 Å². The first-order chi connectivity index (χ1) is 13.7. The number of nitrogens with one attached hydrogen (secondary N) is 1. The molecule has 2 aliphatic rings. The first-order valence-electron chi connectivity index (χ1n) is 10.6. The van der Waals surface area contributed by atoms with Crippen LogP contribution in [0.3, 0.4) is 0 Å². The highest BCUT2D eigenvalue weighted by atomic mass is 127. The Morgan fingerprint density at radius 2 is 1.97 bits per heavy atom. The number of guanidine groups is 1. The lowest BCUT2D eigenvalue weighted by Crippen LogP contribution is -2.42. The summed E-state index contributed by atoms with van der Waals surface area (Å²) in [7, 11) is 3.60. The van der Waals surface area contributed by atoms with Crippen molar-refractivity contribution >= 4 is 29.9 Å². The molecule has 1 aromatic rings. The monoisotopic (exact) mass is 516 g/mol. The highest BCUT2D eigenvalue weighted by Gasteiger charge is 2.27. The normalized spacial score (nSPS) is 21.6. The van der Waals surface area contributed by atoms with Gasteiger partial charge in [-0.15, -0.1) is 24.0 Å². The lowest BCUT2D eigenvalue weighted by molar-refractivity contribution is 0.0315. The van der Waals surface area contributed by atoms with Gasteiger partial charge in [0.15, 0.2) is 5.96 Å². The average Bonchev–Trinajstić information content (AvgIpc) is 3.20. The van der Waals surface area contributed by atoms with Gasteiger partial charge < -0.3 is 19.7 Å². The van der Waals surface area contributed by atoms with Gasteiger partial charge in [0, 0.05) is 46.3 Å². The molecule has 1 aromatic carbocycles. The number of rotatable bonds is 7. The topological polar surface area (TPSA) is 49.3 Å². The van der Waals surface area contributed by atoms with Crippen LogP contribution in [0.2, 0.25) is 0 Å². The van der Waals surface area contributed by atoms with E-state index in [1.807, 2.05) is 19.2 Å². The number of hydrogen-bond acceptors (Lipinski definition) is 4. The van der Waals surface area contributed by atoms with Gasteiger partial charge in [-0.3, -0.25) is 9.89 Å². The van der Waals surface area contributed by atoms with Crippen LogP contribution in [0, 0.1) is 5.92 Å². The number of hydrogen-bond donors (Lipinski definition) is 1. The predicted octanol–water partition coefficient (Wildman–Crippen LogP) is 3.04. The minimum absolute atomic E-state index is 0. The summed E-state index contributed by atoms with van der Waals surface area (Å²) in [6, 6.07) is 8.40. The minimum atomic E-state index is 0. The Morgan fingerprint density at radius 3 is 2.62 bits per heavy atom. The molecule has 2 fully saturated rings. The highest BCUT2D eigenvalue weighted by Crippen LogP contribution is 2.22. The van der Waals surface area contributed by atoms with Crippen LogP contribution >= 0.6 is 24.0 Å². The third-order valence-electron chi connectivity index (χ3n) is 5.96. The molecular weight excluding hydrogens is 479 g/mol. The van der Waals surface area contributed by atoms with E-state index in [0.717, 1.165) is 70.0 Å². The van der Waals surface area contributed by atoms with Gasteiger partial charge in [0.2, 0.25) is 0 Å². The van der Waals surface area contributed by atoms with Crippen molar-refractivity contribution in [3.05, 3.63) is 29.8 Å². The van der Waals surface area contributed by atoms with Crippen LogP contribution in [0.1, 0.15) is 31.2 Å². The number of likely N-dealkylation sites (tertiary alicyclic amines) is 1. The molecule has 0 aliphatic carbocycles. The smallest absolute Gasteiger partial charge is 0.193 e. The summed E-state index contributed by atoms with van der Waals surface area (Å²) in [6.45, 7) is 10.5. The fourth-order valence-electron chi connectivity index (χ4n) is 4.15. The lowest BCUT2D eigenvalue weighted by Gasteiger charge is -2.29. The second-order valence-corrected chi connectivity index (χ2v) is 7.95. The van der Waals surface area contributed by atoms with Crippen molar-refractivity contribution in [1.29, 1.82) is 0 Å². The maximum Gasteiger partial charge on any atom is 0.193 e. The van der Waals surface area contributed by atoms with Gasteiger partial charge >= 0.3 is 0 Å². The van der Waals surface area contributed by atoms with E-state index in [2.05, 4.69) is 39.2 Å². The van der Waals surface area contributed by atoms with E-state index in [-0.39, 0.29) is 24.0 Å². The quantitative estimate of drug-likeness (QED) is 0.343. The molecule has 0 spiro atoms. The molecule has 3 rings (SSSR count). The zero-order valence-corrected chi connectivity index (χ0v) is 20.4. The van der Waals surface area contributed by atoms with Crippen molar-refractivity contribution < 1.29 is 9.47 Å². The molecule has 2 unspecified atom stereocenters. The third-order valence-corrected chi connectivity index (χ3v) is 5.96. The minimum Gasteiger partial charge on any atom is -0.497 e. The van der Waals surface area contributed by atoms with Crippen LogP contribution in [-0.2, 0) is 4.74 Å². The van der Waals surface area contributed by atoms with Crippen molar-refractivity contribution in [2.24, 2.45) is 10.9 Å². The summed E-state index contributed by atoms with van der Waals surface area (Å²) in [5.74, 6) is 3.19. The Balaban J connectivity index is 0.00000300. The summed E-state index contributed by atoms with van der Waals surface area (Å²) in [5, 5.41) is 3.58. The second-order valence-electron chi connectivity index (χ2n) is 7.95. The molecule has 0 radical (unpaired) electrons. The first kappa shape index (κ1) is 24.2. The SMILES string of the molecule is CN=C(NCCC(C)c1ccc(OC)cc1)N1CCC(CN2CCOCC2)C1.I. The van der Waals surface area contributed by atoms with Crippen LogP contribution in [0.15, 0.2) is 29.3 Å². The van der Waals surface area contributed by atoms with Gasteiger partial charge in [-0.2, -0.15) is 0 Å². The van der Waals surface area contributed by atoms with E-state index in [4.69, 9.17) is 9.47 Å². The third kappa shape index (κ3) is 7.29. The van der Waals surface area contributed by atoms with Crippen molar-refractivity contribution in [3.8, 4) is 5.75 Å². The fraction of sp³-hybridized carbons (Fsp3) is 0.682. The Morgan fingerprint density at radius 1 is 1.24 bits per heavy atom. The molecule has 1 N–H and O–H groups in total. The molecule has 2 atom stereocenters. The fourth-order valence-corrected chi connectivity index (χ4v) is 4.15. The van der Waals surface area contributed by atoms with Gasteiger partial charge in [-0.05, 0) is 42.4 Å². The summed E-state index contributed by atoms with van der Waals surface area (Å²) in [5.41, 5.74) is 1.35. The molecular formula is C22H37IN4O2. The standard InChI is InChI=1S/C22H36N4O2.HI/c1-18(20-4-6-21(27-3)7-5-20)8-10-24-22(23-2)26-11-9-19(17-26)16-25-12-14-28-15-13-25;/h4-7,18-19H,8-17H2,1-3H3,(H,23,24);1H. The Kier molecular flexibility index (Phi) is 10.5. The molecule has 2 saturated heterocycles. The van der Waals surface area contributed by atoms with Gasteiger partial charge in [-0.25, -0.2) is 0 Å². The molecule has 6 nitrogen and oxygen atoms in total. The molecule has 0 amide bonds. The van der Waals surface area contributed by atoms with E-state index < -0.39 is 0 Å². The van der Waals surface area contributed by atoms with Gasteiger partial charge in [0.25, 0.3) is 0 Å². The number of morpholine rings is 1. The van der Waals surface area contributed by atoms with Crippen molar-refractivity contribution in [3.63, 3.8) is 0 Å². The lowest BCUT2D eigenvalue weighted by atomic mass is 9.98. The average molecular weight is 516 g/mol. The van der Waals surface area contributed by atoms with Crippen LogP contribution in [0.5, 0.6) is 5.75 Å². The molecule has 0 aromatic heterocycles. The van der Waals surface area contributed by atoms with E-state index in [1.165, 1.54) is 18.5 Å². The molecule has 164 valence electrons. The van der Waals surface area contributed by atoms with Crippen molar-refractivity contribution in [2.45, 2.75) is 25.7 Å².